The van der Waals surface area contributed by atoms with Crippen LogP contribution in [-0.2, 0) is 28.4 Å². The van der Waals surface area contributed by atoms with E-state index in [4.69, 9.17) is 9.47 Å². The summed E-state index contributed by atoms with van der Waals surface area (Å²) >= 11 is 0. The van der Waals surface area contributed by atoms with E-state index in [0.717, 1.165) is 45.9 Å². The van der Waals surface area contributed by atoms with Crippen LogP contribution in [0.25, 0.3) is 5.69 Å². The second kappa shape index (κ2) is 10.7. The normalized spacial score (nSPS) is 12.9. The lowest BCUT2D eigenvalue weighted by Gasteiger charge is -2.21. The Labute approximate surface area is 207 Å². The Balaban J connectivity index is 1.87. The summed E-state index contributed by atoms with van der Waals surface area (Å²) in [4.78, 5) is 24.1. The first-order chi connectivity index (χ1) is 17.2. The molecule has 0 fully saturated rings. The highest BCUT2D eigenvalue weighted by Crippen LogP contribution is 2.39. The van der Waals surface area contributed by atoms with Gasteiger partial charge in [-0.2, -0.15) is 31.4 Å². The SMILES string of the molecule is CCC(=O)OCC(C)Oc1c(C)cc(Cn2ncn(-c3ccc(C(F)(F)F)cc3)c2=O)cc1C(F)(F)F. The third-order valence-electron chi connectivity index (χ3n) is 5.27. The Morgan fingerprint density at radius 1 is 1.05 bits per heavy atom. The van der Waals surface area contributed by atoms with Crippen molar-refractivity contribution in [3.8, 4) is 11.4 Å². The van der Waals surface area contributed by atoms with Crippen molar-refractivity contribution in [1.29, 1.82) is 0 Å². The monoisotopic (exact) mass is 531 g/mol. The van der Waals surface area contributed by atoms with E-state index < -0.39 is 47.0 Å². The average molecular weight is 531 g/mol. The second-order valence-electron chi connectivity index (χ2n) is 8.24. The number of esters is 1. The van der Waals surface area contributed by atoms with E-state index in [1.165, 1.54) is 19.9 Å². The van der Waals surface area contributed by atoms with E-state index in [9.17, 15) is 35.9 Å². The maximum absolute atomic E-state index is 13.9. The van der Waals surface area contributed by atoms with Gasteiger partial charge < -0.3 is 9.47 Å². The molecule has 1 unspecified atom stereocenters. The molecule has 0 saturated carbocycles. The van der Waals surface area contributed by atoms with E-state index in [1.54, 1.807) is 6.92 Å². The molecule has 0 aliphatic rings. The maximum Gasteiger partial charge on any atom is 0.419 e. The highest BCUT2D eigenvalue weighted by atomic mass is 19.4. The lowest BCUT2D eigenvalue weighted by atomic mass is 10.0. The van der Waals surface area contributed by atoms with Crippen molar-refractivity contribution in [2.75, 3.05) is 6.61 Å². The van der Waals surface area contributed by atoms with Crippen molar-refractivity contribution >= 4 is 5.97 Å². The van der Waals surface area contributed by atoms with Gasteiger partial charge in [-0.25, -0.2) is 14.0 Å². The zero-order valence-electron chi connectivity index (χ0n) is 20.0. The summed E-state index contributed by atoms with van der Waals surface area (Å²) in [5.41, 5.74) is -2.38. The van der Waals surface area contributed by atoms with Crippen molar-refractivity contribution in [2.45, 2.75) is 52.2 Å². The van der Waals surface area contributed by atoms with Crippen molar-refractivity contribution in [3.63, 3.8) is 0 Å². The maximum atomic E-state index is 13.9. The number of hydrogen-bond acceptors (Lipinski definition) is 5. The molecule has 1 aromatic heterocycles. The number of alkyl halides is 6. The van der Waals surface area contributed by atoms with Crippen LogP contribution in [0.5, 0.6) is 5.75 Å². The van der Waals surface area contributed by atoms with Crippen LogP contribution in [0.3, 0.4) is 0 Å². The summed E-state index contributed by atoms with van der Waals surface area (Å²) in [6.45, 7) is 3.88. The molecule has 0 radical (unpaired) electrons. The standard InChI is InChI=1S/C24H23F6N3O4/c1-4-20(34)36-12-15(3)37-21-14(2)9-16(10-19(21)24(28,29)30)11-33-22(35)32(13-31-33)18-7-5-17(6-8-18)23(25,26)27/h5-10,13,15H,4,11-12H2,1-3H3. The van der Waals surface area contributed by atoms with Crippen LogP contribution >= 0.6 is 0 Å². The van der Waals surface area contributed by atoms with Crippen molar-refractivity contribution < 1.29 is 40.6 Å². The number of aryl methyl sites for hydroxylation is 1. The van der Waals surface area contributed by atoms with Crippen molar-refractivity contribution in [1.82, 2.24) is 14.3 Å². The molecule has 0 spiro atoms. The molecule has 3 aromatic rings. The highest BCUT2D eigenvalue weighted by molar-refractivity contribution is 5.68. The zero-order chi connectivity index (χ0) is 27.5. The number of rotatable bonds is 8. The number of carbonyl (C=O) groups excluding carboxylic acids is 1. The molecule has 3 rings (SSSR count). The van der Waals surface area contributed by atoms with Crippen LogP contribution in [-0.4, -0.2) is 33.0 Å². The fourth-order valence-corrected chi connectivity index (χ4v) is 3.46. The third-order valence-corrected chi connectivity index (χ3v) is 5.27. The van der Waals surface area contributed by atoms with Crippen LogP contribution in [0, 0.1) is 6.92 Å². The van der Waals surface area contributed by atoms with Gasteiger partial charge in [-0.05, 0) is 55.3 Å². The molecule has 1 atom stereocenters. The molecular weight excluding hydrogens is 508 g/mol. The van der Waals surface area contributed by atoms with E-state index in [1.807, 2.05) is 0 Å². The van der Waals surface area contributed by atoms with Crippen molar-refractivity contribution in [3.05, 3.63) is 75.5 Å². The molecule has 13 heteroatoms. The Kier molecular flexibility index (Phi) is 8.03. The highest BCUT2D eigenvalue weighted by Gasteiger charge is 2.36. The van der Waals surface area contributed by atoms with Gasteiger partial charge in [-0.1, -0.05) is 13.0 Å². The first-order valence-electron chi connectivity index (χ1n) is 11.1. The first-order valence-corrected chi connectivity index (χ1v) is 11.1. The largest absolute Gasteiger partial charge is 0.486 e. The number of ether oxygens (including phenoxy) is 2. The molecule has 0 aliphatic carbocycles. The van der Waals surface area contributed by atoms with Gasteiger partial charge in [-0.15, -0.1) is 0 Å². The van der Waals surface area contributed by atoms with Gasteiger partial charge in [0.1, 0.15) is 24.8 Å². The predicted octanol–water partition coefficient (Wildman–Crippen LogP) is 5.15. The molecule has 0 bridgehead atoms. The van der Waals surface area contributed by atoms with Gasteiger partial charge in [0.15, 0.2) is 0 Å². The molecule has 7 nitrogen and oxygen atoms in total. The van der Waals surface area contributed by atoms with E-state index in [-0.39, 0.29) is 36.4 Å². The molecule has 2 aromatic carbocycles. The molecule has 200 valence electrons. The van der Waals surface area contributed by atoms with Crippen LogP contribution in [0.15, 0.2) is 47.5 Å². The zero-order valence-corrected chi connectivity index (χ0v) is 20.0. The van der Waals surface area contributed by atoms with E-state index >= 15 is 0 Å². The van der Waals surface area contributed by atoms with Gasteiger partial charge >= 0.3 is 24.0 Å². The van der Waals surface area contributed by atoms with Gasteiger partial charge in [0.05, 0.1) is 23.4 Å². The molecule has 0 N–H and O–H groups in total. The quantitative estimate of drug-likeness (QED) is 0.297. The fourth-order valence-electron chi connectivity index (χ4n) is 3.46. The number of aromatic nitrogens is 3. The summed E-state index contributed by atoms with van der Waals surface area (Å²) in [5.74, 6) is -0.946. The average Bonchev–Trinajstić information content (AvgIpc) is 3.17. The van der Waals surface area contributed by atoms with Crippen molar-refractivity contribution in [2.24, 2.45) is 0 Å². The summed E-state index contributed by atoms with van der Waals surface area (Å²) in [7, 11) is 0. The molecule has 0 amide bonds. The van der Waals surface area contributed by atoms with E-state index in [0.29, 0.717) is 0 Å². The summed E-state index contributed by atoms with van der Waals surface area (Å²) in [6.07, 6.45) is -9.01. The minimum absolute atomic E-state index is 0.0991. The number of hydrogen-bond donors (Lipinski definition) is 0. The minimum Gasteiger partial charge on any atom is -0.486 e. The fraction of sp³-hybridized carbons (Fsp3) is 0.375. The third kappa shape index (κ3) is 6.71. The molecule has 0 aliphatic heterocycles. The smallest absolute Gasteiger partial charge is 0.419 e. The van der Waals surface area contributed by atoms with Crippen LogP contribution in [0.2, 0.25) is 0 Å². The summed E-state index contributed by atoms with van der Waals surface area (Å²) in [5, 5.41) is 3.88. The Morgan fingerprint density at radius 3 is 2.27 bits per heavy atom. The topological polar surface area (TPSA) is 75.3 Å². The summed E-state index contributed by atoms with van der Waals surface area (Å²) < 4.78 is 92.2. The lowest BCUT2D eigenvalue weighted by molar-refractivity contribution is -0.146. The molecule has 0 saturated heterocycles. The van der Waals surface area contributed by atoms with Gasteiger partial charge in [-0.3, -0.25) is 4.79 Å². The number of halogens is 6. The number of nitrogens with zero attached hydrogens (tertiary/aromatic N) is 3. The van der Waals surface area contributed by atoms with E-state index in [2.05, 4.69) is 5.10 Å². The van der Waals surface area contributed by atoms with Gasteiger partial charge in [0, 0.05) is 6.42 Å². The van der Waals surface area contributed by atoms with Crippen LogP contribution in [0.4, 0.5) is 26.3 Å². The Morgan fingerprint density at radius 2 is 1.70 bits per heavy atom. The van der Waals surface area contributed by atoms with Crippen LogP contribution in [0.1, 0.15) is 42.5 Å². The van der Waals surface area contributed by atoms with Gasteiger partial charge in [0.25, 0.3) is 0 Å². The number of carbonyl (C=O) groups is 1. The Bertz CT molecular complexity index is 1310. The second-order valence-corrected chi connectivity index (χ2v) is 8.24. The Hall–Kier alpha value is -3.77. The number of benzene rings is 2. The summed E-state index contributed by atoms with van der Waals surface area (Å²) in [6, 6.07) is 6.03. The predicted molar refractivity (Wildman–Crippen MR) is 119 cm³/mol. The molecule has 1 heterocycles. The van der Waals surface area contributed by atoms with Gasteiger partial charge in [0.2, 0.25) is 0 Å². The molecular formula is C24H23F6N3O4. The first kappa shape index (κ1) is 27.8. The minimum atomic E-state index is -4.79. The lowest BCUT2D eigenvalue weighted by Crippen LogP contribution is -2.25. The van der Waals surface area contributed by atoms with Crippen LogP contribution < -0.4 is 10.4 Å². The molecule has 37 heavy (non-hydrogen) atoms.